The van der Waals surface area contributed by atoms with Crippen LogP contribution in [0.2, 0.25) is 0 Å². The average molecular weight is 381 g/mol. The fourth-order valence-corrected chi connectivity index (χ4v) is 5.00. The zero-order valence-corrected chi connectivity index (χ0v) is 15.8. The van der Waals surface area contributed by atoms with Crippen LogP contribution in [0.5, 0.6) is 0 Å². The highest BCUT2D eigenvalue weighted by Gasteiger charge is 2.64. The van der Waals surface area contributed by atoms with Gasteiger partial charge in [-0.2, -0.15) is 0 Å². The molecular formula is C22H23NO5. The molecule has 3 aliphatic rings. The topological polar surface area (TPSA) is 83.9 Å². The molecule has 2 heterocycles. The predicted molar refractivity (Wildman–Crippen MR) is 102 cm³/mol. The van der Waals surface area contributed by atoms with Crippen molar-refractivity contribution in [3.8, 4) is 0 Å². The van der Waals surface area contributed by atoms with E-state index in [-0.39, 0.29) is 18.9 Å². The Morgan fingerprint density at radius 3 is 2.71 bits per heavy atom. The lowest BCUT2D eigenvalue weighted by Gasteiger charge is -2.40. The Morgan fingerprint density at radius 2 is 2.04 bits per heavy atom. The zero-order valence-electron chi connectivity index (χ0n) is 15.8. The monoisotopic (exact) mass is 381 g/mol. The highest BCUT2D eigenvalue weighted by Crippen LogP contribution is 2.58. The van der Waals surface area contributed by atoms with Crippen molar-refractivity contribution in [3.05, 3.63) is 53.2 Å². The quantitative estimate of drug-likeness (QED) is 0.793. The summed E-state index contributed by atoms with van der Waals surface area (Å²) in [4.78, 5) is 39.5. The second-order valence-electron chi connectivity index (χ2n) is 7.46. The molecule has 4 rings (SSSR count). The van der Waals surface area contributed by atoms with Gasteiger partial charge in [0.1, 0.15) is 5.41 Å². The van der Waals surface area contributed by atoms with E-state index in [1.165, 1.54) is 0 Å². The fraction of sp³-hybridized carbons (Fsp3) is 0.409. The summed E-state index contributed by atoms with van der Waals surface area (Å²) in [5, 5.41) is 9.43. The van der Waals surface area contributed by atoms with Crippen LogP contribution in [0.15, 0.2) is 47.7 Å². The van der Waals surface area contributed by atoms with Crippen molar-refractivity contribution < 1.29 is 24.2 Å². The largest absolute Gasteiger partial charge is 0.481 e. The van der Waals surface area contributed by atoms with Crippen LogP contribution in [-0.4, -0.2) is 41.0 Å². The van der Waals surface area contributed by atoms with Crippen molar-refractivity contribution in [1.82, 2.24) is 4.90 Å². The lowest BCUT2D eigenvalue weighted by molar-refractivity contribution is -0.159. The first kappa shape index (κ1) is 18.5. The van der Waals surface area contributed by atoms with E-state index in [2.05, 4.69) is 0 Å². The number of amides is 1. The first-order valence-corrected chi connectivity index (χ1v) is 9.70. The summed E-state index contributed by atoms with van der Waals surface area (Å²) in [6.45, 7) is 2.27. The third-order valence-corrected chi connectivity index (χ3v) is 6.04. The van der Waals surface area contributed by atoms with Crippen molar-refractivity contribution in [3.63, 3.8) is 0 Å². The number of hydrogen-bond acceptors (Lipinski definition) is 4. The molecule has 2 atom stereocenters. The molecule has 6 nitrogen and oxygen atoms in total. The van der Waals surface area contributed by atoms with Crippen molar-refractivity contribution in [2.24, 2.45) is 11.3 Å². The Morgan fingerprint density at radius 1 is 1.29 bits per heavy atom. The summed E-state index contributed by atoms with van der Waals surface area (Å²) in [5.74, 6) is -2.75. The molecule has 0 radical (unpaired) electrons. The van der Waals surface area contributed by atoms with Crippen LogP contribution in [0.1, 0.15) is 38.2 Å². The summed E-state index contributed by atoms with van der Waals surface area (Å²) in [7, 11) is 0. The van der Waals surface area contributed by atoms with Gasteiger partial charge < -0.3 is 14.7 Å². The van der Waals surface area contributed by atoms with Crippen molar-refractivity contribution in [2.75, 3.05) is 13.2 Å². The lowest BCUT2D eigenvalue weighted by atomic mass is 9.65. The van der Waals surface area contributed by atoms with Gasteiger partial charge >= 0.3 is 11.9 Å². The third kappa shape index (κ3) is 2.58. The van der Waals surface area contributed by atoms with Gasteiger partial charge in [0.15, 0.2) is 0 Å². The minimum absolute atomic E-state index is 0.193. The van der Waals surface area contributed by atoms with Gasteiger partial charge in [0, 0.05) is 12.2 Å². The average Bonchev–Trinajstić information content (AvgIpc) is 2.94. The van der Waals surface area contributed by atoms with Crippen molar-refractivity contribution >= 4 is 23.4 Å². The normalized spacial score (nSPS) is 26.0. The second-order valence-corrected chi connectivity index (χ2v) is 7.46. The maximum Gasteiger partial charge on any atom is 0.318 e. The molecule has 2 aliphatic heterocycles. The number of aliphatic carboxylic acids is 1. The summed E-state index contributed by atoms with van der Waals surface area (Å²) < 4.78 is 5.39. The van der Waals surface area contributed by atoms with E-state index in [1.807, 2.05) is 36.4 Å². The number of rotatable bonds is 5. The Balaban J connectivity index is 1.91. The summed E-state index contributed by atoms with van der Waals surface area (Å²) in [5.41, 5.74) is 2.52. The molecular weight excluding hydrogens is 358 g/mol. The molecule has 1 aromatic carbocycles. The number of esters is 1. The van der Waals surface area contributed by atoms with Gasteiger partial charge in [-0.25, -0.2) is 0 Å². The van der Waals surface area contributed by atoms with Crippen LogP contribution < -0.4 is 0 Å². The molecule has 0 aromatic heterocycles. The highest BCUT2D eigenvalue weighted by molar-refractivity contribution is 6.01. The number of carboxylic acid groups (broad SMARTS) is 1. The molecule has 1 saturated heterocycles. The van der Waals surface area contributed by atoms with Crippen LogP contribution in [0, 0.1) is 11.3 Å². The lowest BCUT2D eigenvalue weighted by Crippen LogP contribution is -2.43. The minimum atomic E-state index is -1.20. The van der Waals surface area contributed by atoms with Crippen molar-refractivity contribution in [2.45, 2.75) is 32.6 Å². The van der Waals surface area contributed by atoms with Gasteiger partial charge in [0.2, 0.25) is 5.91 Å². The van der Waals surface area contributed by atoms with Crippen LogP contribution >= 0.6 is 0 Å². The van der Waals surface area contributed by atoms with E-state index in [0.717, 1.165) is 23.1 Å². The van der Waals surface area contributed by atoms with E-state index in [0.29, 0.717) is 25.1 Å². The summed E-state index contributed by atoms with van der Waals surface area (Å²) >= 11 is 0. The van der Waals surface area contributed by atoms with E-state index < -0.39 is 23.3 Å². The van der Waals surface area contributed by atoms with Gasteiger partial charge in [-0.05, 0) is 42.9 Å². The van der Waals surface area contributed by atoms with Gasteiger partial charge in [0.25, 0.3) is 0 Å². The third-order valence-electron chi connectivity index (χ3n) is 6.04. The molecule has 1 fully saturated rings. The Bertz CT molecular complexity index is 901. The fourth-order valence-electron chi connectivity index (χ4n) is 5.00. The number of benzene rings is 1. The van der Waals surface area contributed by atoms with Crippen LogP contribution in [0.3, 0.4) is 0 Å². The molecule has 0 unspecified atom stereocenters. The zero-order chi connectivity index (χ0) is 19.9. The minimum Gasteiger partial charge on any atom is -0.481 e. The van der Waals surface area contributed by atoms with Gasteiger partial charge in [-0.1, -0.05) is 36.4 Å². The summed E-state index contributed by atoms with van der Waals surface area (Å²) in [6.07, 6.45) is 3.54. The Kier molecular flexibility index (Phi) is 4.57. The first-order valence-electron chi connectivity index (χ1n) is 9.70. The van der Waals surface area contributed by atoms with E-state index >= 15 is 0 Å². The number of ether oxygens (including phenoxy) is 1. The van der Waals surface area contributed by atoms with E-state index in [1.54, 1.807) is 11.8 Å². The maximum atomic E-state index is 13.2. The molecule has 1 aromatic rings. The number of carbonyl (C=O) groups excluding carboxylic acids is 2. The Hall–Kier alpha value is -2.89. The molecule has 1 amide bonds. The first-order chi connectivity index (χ1) is 13.5. The number of nitrogens with zero attached hydrogens (tertiary/aromatic N) is 1. The molecule has 6 heteroatoms. The molecule has 0 spiro atoms. The molecule has 0 bridgehead atoms. The number of carboxylic acids is 1. The standard InChI is InChI=1S/C22H23NO5/c1-2-28-21(27)22-11-6-9-16-15(14-7-4-3-5-8-14)10-12-23(19(16)22)20(26)17(22)13-18(24)25/h3-5,7-8,10,17H,2,6,9,11-13H2,1H3,(H,24,25)/t17-,22-/m0/s1. The van der Waals surface area contributed by atoms with E-state index in [4.69, 9.17) is 4.74 Å². The predicted octanol–water partition coefficient (Wildman–Crippen LogP) is 3.00. The molecule has 1 aliphatic carbocycles. The van der Waals surface area contributed by atoms with Crippen molar-refractivity contribution in [1.29, 1.82) is 0 Å². The molecule has 146 valence electrons. The summed E-state index contributed by atoms with van der Waals surface area (Å²) in [6, 6.07) is 9.90. The SMILES string of the molecule is CCOC(=O)[C@]12CCCC3=C1N(CC=C3c1ccccc1)C(=O)[C@@H]2CC(=O)O. The van der Waals surface area contributed by atoms with Crippen LogP contribution in [0.4, 0.5) is 0 Å². The molecule has 1 N–H and O–H groups in total. The molecule has 28 heavy (non-hydrogen) atoms. The van der Waals surface area contributed by atoms with Gasteiger partial charge in [-0.15, -0.1) is 0 Å². The number of allylic oxidation sites excluding steroid dienone is 2. The smallest absolute Gasteiger partial charge is 0.318 e. The Labute approximate surface area is 163 Å². The number of hydrogen-bond donors (Lipinski definition) is 1. The highest BCUT2D eigenvalue weighted by atomic mass is 16.5. The molecule has 0 saturated carbocycles. The van der Waals surface area contributed by atoms with Crippen LogP contribution in [-0.2, 0) is 19.1 Å². The van der Waals surface area contributed by atoms with Gasteiger partial charge in [-0.3, -0.25) is 14.4 Å². The maximum absolute atomic E-state index is 13.2. The van der Waals surface area contributed by atoms with E-state index in [9.17, 15) is 19.5 Å². The van der Waals surface area contributed by atoms with Crippen LogP contribution in [0.25, 0.3) is 5.57 Å². The number of carbonyl (C=O) groups is 3. The van der Waals surface area contributed by atoms with Gasteiger partial charge in [0.05, 0.1) is 18.9 Å². The second kappa shape index (κ2) is 6.93.